The number of benzene rings is 2. The van der Waals surface area contributed by atoms with Gasteiger partial charge in [-0.15, -0.1) is 0 Å². The van der Waals surface area contributed by atoms with Crippen molar-refractivity contribution in [3.8, 4) is 0 Å². The van der Waals surface area contributed by atoms with Crippen LogP contribution in [0.1, 0.15) is 5.56 Å². The van der Waals surface area contributed by atoms with E-state index >= 15 is 0 Å². The molecule has 0 heterocycles. The molecule has 3 nitrogen and oxygen atoms in total. The molecule has 0 bridgehead atoms. The Bertz CT molecular complexity index is 570. The molecule has 2 aromatic rings. The molecular weight excluding hydrogens is 314 g/mol. The second-order valence-electron chi connectivity index (χ2n) is 3.56. The molecule has 0 aliphatic rings. The van der Waals surface area contributed by atoms with Crippen LogP contribution in [0.25, 0.3) is 0 Å². The predicted octanol–water partition coefficient (Wildman–Crippen LogP) is 3.64. The first kappa shape index (κ1) is 13.1. The van der Waals surface area contributed by atoms with Crippen LogP contribution in [0.3, 0.4) is 0 Å². The smallest absolute Gasteiger partial charge is 0.149 e. The van der Waals surface area contributed by atoms with Gasteiger partial charge in [0.1, 0.15) is 5.84 Å². The van der Waals surface area contributed by atoms with E-state index in [4.69, 9.17) is 17.4 Å². The summed E-state index contributed by atoms with van der Waals surface area (Å²) >= 11 is 9.54. The van der Waals surface area contributed by atoms with Gasteiger partial charge in [-0.05, 0) is 30.3 Å². The molecule has 0 spiro atoms. The fourth-order valence-electron chi connectivity index (χ4n) is 1.48. The molecule has 0 amide bonds. The van der Waals surface area contributed by atoms with Crippen molar-refractivity contribution in [3.05, 3.63) is 63.6 Å². The van der Waals surface area contributed by atoms with Gasteiger partial charge in [0, 0.05) is 10.0 Å². The maximum Gasteiger partial charge on any atom is 0.149 e. The van der Waals surface area contributed by atoms with Gasteiger partial charge in [-0.1, -0.05) is 45.7 Å². The molecule has 0 saturated carbocycles. The summed E-state index contributed by atoms with van der Waals surface area (Å²) in [4.78, 5) is 4.42. The van der Waals surface area contributed by atoms with Crippen molar-refractivity contribution in [1.82, 2.24) is 5.43 Å². The second kappa shape index (κ2) is 6.00. The lowest BCUT2D eigenvalue weighted by atomic mass is 10.2. The zero-order chi connectivity index (χ0) is 13.0. The third-order valence-electron chi connectivity index (χ3n) is 2.32. The topological polar surface area (TPSA) is 50.4 Å². The Hall–Kier alpha value is -1.36. The Morgan fingerprint density at radius 1 is 1.17 bits per heavy atom. The molecule has 18 heavy (non-hydrogen) atoms. The minimum atomic E-state index is 0.521. The lowest BCUT2D eigenvalue weighted by Gasteiger charge is -2.08. The van der Waals surface area contributed by atoms with Crippen LogP contribution in [-0.2, 0) is 0 Å². The first-order valence-electron chi connectivity index (χ1n) is 5.26. The molecule has 0 unspecified atom stereocenters. The number of halogens is 2. The third kappa shape index (κ3) is 3.10. The zero-order valence-corrected chi connectivity index (χ0v) is 11.7. The van der Waals surface area contributed by atoms with Crippen LogP contribution in [-0.4, -0.2) is 5.84 Å². The van der Waals surface area contributed by atoms with Gasteiger partial charge in [-0.25, -0.2) is 10.8 Å². The lowest BCUT2D eigenvalue weighted by Crippen LogP contribution is -2.31. The summed E-state index contributed by atoms with van der Waals surface area (Å²) in [6.45, 7) is 0. The number of rotatable bonds is 2. The number of nitrogens with two attached hydrogens (primary N) is 1. The van der Waals surface area contributed by atoms with Gasteiger partial charge in [0.05, 0.1) is 10.7 Å². The van der Waals surface area contributed by atoms with Crippen molar-refractivity contribution in [2.45, 2.75) is 0 Å². The summed E-state index contributed by atoms with van der Waals surface area (Å²) in [5, 5.41) is 0.589. The van der Waals surface area contributed by atoms with Crippen molar-refractivity contribution >= 4 is 39.1 Å². The number of hydrogen-bond acceptors (Lipinski definition) is 2. The van der Waals surface area contributed by atoms with Gasteiger partial charge in [-0.3, -0.25) is 0 Å². The minimum Gasteiger partial charge on any atom is -0.308 e. The number of aliphatic imine (C=N–C) groups is 1. The molecular formula is C13H11BrClN3. The quantitative estimate of drug-likeness (QED) is 0.383. The highest BCUT2D eigenvalue weighted by molar-refractivity contribution is 9.10. The number of amidine groups is 1. The van der Waals surface area contributed by atoms with E-state index in [1.807, 2.05) is 42.5 Å². The Morgan fingerprint density at radius 2 is 1.89 bits per heavy atom. The van der Waals surface area contributed by atoms with Crippen LogP contribution in [0, 0.1) is 0 Å². The largest absolute Gasteiger partial charge is 0.308 e. The highest BCUT2D eigenvalue weighted by Gasteiger charge is 2.08. The van der Waals surface area contributed by atoms with E-state index in [0.29, 0.717) is 10.9 Å². The Morgan fingerprint density at radius 3 is 2.56 bits per heavy atom. The summed E-state index contributed by atoms with van der Waals surface area (Å²) in [6.07, 6.45) is 0. The zero-order valence-electron chi connectivity index (χ0n) is 9.40. The Kier molecular flexibility index (Phi) is 4.36. The van der Waals surface area contributed by atoms with Crippen molar-refractivity contribution < 1.29 is 0 Å². The van der Waals surface area contributed by atoms with Crippen LogP contribution in [0.15, 0.2) is 58.0 Å². The summed E-state index contributed by atoms with van der Waals surface area (Å²) in [7, 11) is 0. The summed E-state index contributed by atoms with van der Waals surface area (Å²) in [5.41, 5.74) is 4.13. The fraction of sp³-hybridized carbons (Fsp3) is 0. The van der Waals surface area contributed by atoms with Gasteiger partial charge >= 0.3 is 0 Å². The van der Waals surface area contributed by atoms with Crippen molar-refractivity contribution in [2.75, 3.05) is 0 Å². The molecule has 0 saturated heterocycles. The first-order chi connectivity index (χ1) is 8.70. The van der Waals surface area contributed by atoms with Crippen molar-refractivity contribution in [2.24, 2.45) is 10.8 Å². The molecule has 0 fully saturated rings. The SMILES string of the molecule is NNC(=Nc1ccccc1)c1cc(Br)ccc1Cl. The molecule has 5 heteroatoms. The van der Waals surface area contributed by atoms with E-state index in [9.17, 15) is 0 Å². The maximum absolute atomic E-state index is 6.14. The van der Waals surface area contributed by atoms with E-state index in [1.54, 1.807) is 6.07 Å². The van der Waals surface area contributed by atoms with Crippen LogP contribution < -0.4 is 11.3 Å². The predicted molar refractivity (Wildman–Crippen MR) is 79.1 cm³/mol. The van der Waals surface area contributed by atoms with Crippen molar-refractivity contribution in [3.63, 3.8) is 0 Å². The number of hydrogen-bond donors (Lipinski definition) is 2. The standard InChI is InChI=1S/C13H11BrClN3/c14-9-6-7-12(15)11(8-9)13(18-16)17-10-4-2-1-3-5-10/h1-8H,16H2,(H,17,18). The van der Waals surface area contributed by atoms with Gasteiger partial charge < -0.3 is 5.43 Å². The monoisotopic (exact) mass is 323 g/mol. The third-order valence-corrected chi connectivity index (χ3v) is 3.14. The normalized spacial score (nSPS) is 11.4. The molecule has 2 aromatic carbocycles. The van der Waals surface area contributed by atoms with Gasteiger partial charge in [0.15, 0.2) is 0 Å². The number of nitrogens with zero attached hydrogens (tertiary/aromatic N) is 1. The van der Waals surface area contributed by atoms with E-state index in [-0.39, 0.29) is 0 Å². The molecule has 92 valence electrons. The second-order valence-corrected chi connectivity index (χ2v) is 4.89. The highest BCUT2D eigenvalue weighted by Crippen LogP contribution is 2.22. The highest BCUT2D eigenvalue weighted by atomic mass is 79.9. The van der Waals surface area contributed by atoms with Crippen LogP contribution >= 0.6 is 27.5 Å². The minimum absolute atomic E-state index is 0.521. The Balaban J connectivity index is 2.45. The number of nitrogens with one attached hydrogen (secondary N) is 1. The van der Waals surface area contributed by atoms with E-state index in [2.05, 4.69) is 26.3 Å². The maximum atomic E-state index is 6.14. The van der Waals surface area contributed by atoms with E-state index in [1.165, 1.54) is 0 Å². The molecule has 0 aliphatic carbocycles. The Labute approximate surface area is 119 Å². The number of para-hydroxylation sites is 1. The average Bonchev–Trinajstić information content (AvgIpc) is 2.40. The fourth-order valence-corrected chi connectivity index (χ4v) is 2.05. The summed E-state index contributed by atoms with van der Waals surface area (Å²) in [6, 6.07) is 15.1. The van der Waals surface area contributed by atoms with Crippen LogP contribution in [0.4, 0.5) is 5.69 Å². The molecule has 3 N–H and O–H groups in total. The van der Waals surface area contributed by atoms with Gasteiger partial charge in [0.2, 0.25) is 0 Å². The summed E-state index contributed by atoms with van der Waals surface area (Å²) < 4.78 is 0.915. The van der Waals surface area contributed by atoms with E-state index in [0.717, 1.165) is 15.7 Å². The molecule has 2 rings (SSSR count). The van der Waals surface area contributed by atoms with Crippen LogP contribution in [0.5, 0.6) is 0 Å². The average molecular weight is 325 g/mol. The molecule has 0 radical (unpaired) electrons. The first-order valence-corrected chi connectivity index (χ1v) is 6.43. The molecule has 0 atom stereocenters. The molecule has 0 aromatic heterocycles. The summed E-state index contributed by atoms with van der Waals surface area (Å²) in [5.74, 6) is 6.04. The van der Waals surface area contributed by atoms with Gasteiger partial charge in [0.25, 0.3) is 0 Å². The van der Waals surface area contributed by atoms with E-state index < -0.39 is 0 Å². The lowest BCUT2D eigenvalue weighted by molar-refractivity contribution is 1.02. The number of hydrazine groups is 1. The van der Waals surface area contributed by atoms with Gasteiger partial charge in [-0.2, -0.15) is 0 Å². The van der Waals surface area contributed by atoms with Crippen molar-refractivity contribution in [1.29, 1.82) is 0 Å². The molecule has 0 aliphatic heterocycles. The van der Waals surface area contributed by atoms with Crippen LogP contribution in [0.2, 0.25) is 5.02 Å².